The molecule has 98 valence electrons. The molecule has 1 rings (SSSR count). The van der Waals surface area contributed by atoms with E-state index in [0.717, 1.165) is 0 Å². The van der Waals surface area contributed by atoms with Crippen LogP contribution in [0, 0.1) is 0 Å². The number of ether oxygens (including phenoxy) is 1. The van der Waals surface area contributed by atoms with Crippen molar-refractivity contribution in [3.8, 4) is 0 Å². The molecule has 0 bridgehead atoms. The summed E-state index contributed by atoms with van der Waals surface area (Å²) in [6, 6.07) is 4.68. The molecular formula is C12H13Cl2NO3. The Labute approximate surface area is 115 Å². The predicted octanol–water partition coefficient (Wildman–Crippen LogP) is 2.67. The van der Waals surface area contributed by atoms with Crippen LogP contribution in [0.15, 0.2) is 18.2 Å². The molecule has 18 heavy (non-hydrogen) atoms. The maximum Gasteiger partial charge on any atom is 0.341 e. The van der Waals surface area contributed by atoms with Gasteiger partial charge in [-0.05, 0) is 26.0 Å². The van der Waals surface area contributed by atoms with Crippen LogP contribution in [0.5, 0.6) is 0 Å². The van der Waals surface area contributed by atoms with Crippen molar-refractivity contribution >= 4 is 35.1 Å². The molecule has 0 aliphatic rings. The Balaban J connectivity index is 2.80. The number of hydrogen-bond acceptors (Lipinski definition) is 3. The Morgan fingerprint density at radius 1 is 1.33 bits per heavy atom. The van der Waals surface area contributed by atoms with Crippen molar-refractivity contribution in [1.29, 1.82) is 0 Å². The second-order valence-electron chi connectivity index (χ2n) is 3.54. The second-order valence-corrected chi connectivity index (χ2v) is 4.35. The molecule has 0 aliphatic heterocycles. The molecule has 1 N–H and O–H groups in total. The Hall–Kier alpha value is -1.26. The number of nitrogens with one attached hydrogen (secondary N) is 1. The zero-order chi connectivity index (χ0) is 13.7. The molecule has 0 aliphatic carbocycles. The SMILES string of the molecule is CCNC(=O)[C@@H](C)OC(=O)c1c(Cl)cccc1Cl. The van der Waals surface area contributed by atoms with Crippen LogP contribution in [-0.2, 0) is 9.53 Å². The van der Waals surface area contributed by atoms with Crippen molar-refractivity contribution in [2.45, 2.75) is 20.0 Å². The van der Waals surface area contributed by atoms with E-state index in [1.165, 1.54) is 19.1 Å². The number of esters is 1. The van der Waals surface area contributed by atoms with Gasteiger partial charge in [0.05, 0.1) is 15.6 Å². The molecule has 4 nitrogen and oxygen atoms in total. The van der Waals surface area contributed by atoms with Gasteiger partial charge < -0.3 is 10.1 Å². The van der Waals surface area contributed by atoms with Crippen LogP contribution < -0.4 is 5.32 Å². The number of likely N-dealkylation sites (N-methyl/N-ethyl adjacent to an activating group) is 1. The molecule has 1 amide bonds. The summed E-state index contributed by atoms with van der Waals surface area (Å²) in [4.78, 5) is 23.3. The maximum absolute atomic E-state index is 11.8. The van der Waals surface area contributed by atoms with Crippen LogP contribution in [0.1, 0.15) is 24.2 Å². The lowest BCUT2D eigenvalue weighted by Gasteiger charge is -2.13. The van der Waals surface area contributed by atoms with Crippen LogP contribution in [0.4, 0.5) is 0 Å². The minimum Gasteiger partial charge on any atom is -0.449 e. The van der Waals surface area contributed by atoms with Gasteiger partial charge >= 0.3 is 5.97 Å². The molecule has 0 heterocycles. The van der Waals surface area contributed by atoms with Crippen LogP contribution in [-0.4, -0.2) is 24.5 Å². The van der Waals surface area contributed by atoms with Crippen LogP contribution in [0.2, 0.25) is 10.0 Å². The highest BCUT2D eigenvalue weighted by Gasteiger charge is 2.21. The summed E-state index contributed by atoms with van der Waals surface area (Å²) in [5, 5.41) is 2.93. The fourth-order valence-electron chi connectivity index (χ4n) is 1.28. The van der Waals surface area contributed by atoms with E-state index < -0.39 is 12.1 Å². The fraction of sp³-hybridized carbons (Fsp3) is 0.333. The number of hydrogen-bond donors (Lipinski definition) is 1. The summed E-state index contributed by atoms with van der Waals surface area (Å²) in [6.07, 6.45) is -0.898. The molecule has 0 fully saturated rings. The summed E-state index contributed by atoms with van der Waals surface area (Å²) in [6.45, 7) is 3.72. The van der Waals surface area contributed by atoms with Gasteiger partial charge in [0.25, 0.3) is 5.91 Å². The zero-order valence-corrected chi connectivity index (χ0v) is 11.5. The van der Waals surface area contributed by atoms with Gasteiger partial charge in [-0.15, -0.1) is 0 Å². The molecule has 1 atom stereocenters. The lowest BCUT2D eigenvalue weighted by molar-refractivity contribution is -0.128. The van der Waals surface area contributed by atoms with Crippen molar-refractivity contribution in [2.24, 2.45) is 0 Å². The van der Waals surface area contributed by atoms with Gasteiger partial charge in [0.1, 0.15) is 0 Å². The first-order valence-electron chi connectivity index (χ1n) is 5.40. The molecule has 6 heteroatoms. The zero-order valence-electron chi connectivity index (χ0n) is 10.00. The number of carbonyl (C=O) groups is 2. The van der Waals surface area contributed by atoms with Gasteiger partial charge in [-0.1, -0.05) is 29.3 Å². The van der Waals surface area contributed by atoms with Crippen LogP contribution in [0.25, 0.3) is 0 Å². The van der Waals surface area contributed by atoms with E-state index in [9.17, 15) is 9.59 Å². The molecule has 0 radical (unpaired) electrons. The molecule has 1 aromatic carbocycles. The third-order valence-corrected chi connectivity index (χ3v) is 2.80. The first-order valence-corrected chi connectivity index (χ1v) is 6.15. The number of rotatable bonds is 4. The molecule has 0 aromatic heterocycles. The van der Waals surface area contributed by atoms with Gasteiger partial charge in [0.15, 0.2) is 6.10 Å². The minimum absolute atomic E-state index is 0.0666. The summed E-state index contributed by atoms with van der Waals surface area (Å²) < 4.78 is 4.99. The van der Waals surface area contributed by atoms with E-state index in [4.69, 9.17) is 27.9 Å². The quantitative estimate of drug-likeness (QED) is 0.867. The fourth-order valence-corrected chi connectivity index (χ4v) is 1.84. The Morgan fingerprint density at radius 2 is 1.89 bits per heavy atom. The summed E-state index contributed by atoms with van der Waals surface area (Å²) in [5.41, 5.74) is 0.0666. The lowest BCUT2D eigenvalue weighted by atomic mass is 10.2. The summed E-state index contributed by atoms with van der Waals surface area (Å²) in [7, 11) is 0. The lowest BCUT2D eigenvalue weighted by Crippen LogP contribution is -2.35. The minimum atomic E-state index is -0.898. The van der Waals surface area contributed by atoms with E-state index in [1.807, 2.05) is 0 Å². The predicted molar refractivity (Wildman–Crippen MR) is 70.0 cm³/mol. The number of amides is 1. The normalized spacial score (nSPS) is 11.8. The molecule has 0 saturated heterocycles. The third-order valence-electron chi connectivity index (χ3n) is 2.17. The standard InChI is InChI=1S/C12H13Cl2NO3/c1-3-15-11(16)7(2)18-12(17)10-8(13)5-4-6-9(10)14/h4-7H,3H2,1-2H3,(H,15,16)/t7-/m1/s1. The first kappa shape index (κ1) is 14.8. The third kappa shape index (κ3) is 3.62. The van der Waals surface area contributed by atoms with Crippen molar-refractivity contribution in [3.05, 3.63) is 33.8 Å². The largest absolute Gasteiger partial charge is 0.449 e. The maximum atomic E-state index is 11.8. The highest BCUT2D eigenvalue weighted by molar-refractivity contribution is 6.39. The number of halogens is 2. The molecule has 0 unspecified atom stereocenters. The number of carbonyl (C=O) groups excluding carboxylic acids is 2. The van der Waals surface area contributed by atoms with Crippen molar-refractivity contribution < 1.29 is 14.3 Å². The van der Waals surface area contributed by atoms with E-state index >= 15 is 0 Å². The van der Waals surface area contributed by atoms with Gasteiger partial charge in [-0.25, -0.2) is 4.79 Å². The van der Waals surface area contributed by atoms with Gasteiger partial charge in [-0.2, -0.15) is 0 Å². The first-order chi connectivity index (χ1) is 8.47. The monoisotopic (exact) mass is 289 g/mol. The number of benzene rings is 1. The molecular weight excluding hydrogens is 277 g/mol. The highest BCUT2D eigenvalue weighted by Crippen LogP contribution is 2.25. The second kappa shape index (κ2) is 6.61. The molecule has 1 aromatic rings. The summed E-state index contributed by atoms with van der Waals surface area (Å²) >= 11 is 11.7. The van der Waals surface area contributed by atoms with Crippen molar-refractivity contribution in [1.82, 2.24) is 5.32 Å². The van der Waals surface area contributed by atoms with Gasteiger partial charge in [-0.3, -0.25) is 4.79 Å². The average Bonchev–Trinajstić information content (AvgIpc) is 2.28. The Bertz CT molecular complexity index is 442. The van der Waals surface area contributed by atoms with Gasteiger partial charge in [0.2, 0.25) is 0 Å². The van der Waals surface area contributed by atoms with E-state index in [0.29, 0.717) is 6.54 Å². The van der Waals surface area contributed by atoms with E-state index in [1.54, 1.807) is 13.0 Å². The summed E-state index contributed by atoms with van der Waals surface area (Å²) in [5.74, 6) is -1.08. The highest BCUT2D eigenvalue weighted by atomic mass is 35.5. The topological polar surface area (TPSA) is 55.4 Å². The Morgan fingerprint density at radius 3 is 2.39 bits per heavy atom. The molecule has 0 spiro atoms. The van der Waals surface area contributed by atoms with Gasteiger partial charge in [0, 0.05) is 6.54 Å². The van der Waals surface area contributed by atoms with Crippen LogP contribution >= 0.6 is 23.2 Å². The van der Waals surface area contributed by atoms with E-state index in [-0.39, 0.29) is 21.5 Å². The van der Waals surface area contributed by atoms with E-state index in [2.05, 4.69) is 5.32 Å². The van der Waals surface area contributed by atoms with Crippen LogP contribution in [0.3, 0.4) is 0 Å². The smallest absolute Gasteiger partial charge is 0.341 e. The van der Waals surface area contributed by atoms with Crippen molar-refractivity contribution in [2.75, 3.05) is 6.54 Å². The Kier molecular flexibility index (Phi) is 5.44. The van der Waals surface area contributed by atoms with Crippen molar-refractivity contribution in [3.63, 3.8) is 0 Å². The molecule has 0 saturated carbocycles. The average molecular weight is 290 g/mol.